The van der Waals surface area contributed by atoms with Gasteiger partial charge >= 0.3 is 0 Å². The molecule has 0 aromatic heterocycles. The Morgan fingerprint density at radius 3 is 2.44 bits per heavy atom. The van der Waals surface area contributed by atoms with Crippen LogP contribution in [0, 0.1) is 5.92 Å². The number of hydrogen-bond acceptors (Lipinski definition) is 10. The van der Waals surface area contributed by atoms with Crippen molar-refractivity contribution < 1.29 is 39.4 Å². The van der Waals surface area contributed by atoms with Gasteiger partial charge in [-0.3, -0.25) is 0 Å². The Kier molecular flexibility index (Phi) is 7.13. The van der Waals surface area contributed by atoms with Gasteiger partial charge in [0.15, 0.2) is 12.6 Å². The minimum Gasteiger partial charge on any atom is -0.394 e. The highest BCUT2D eigenvalue weighted by Gasteiger charge is 2.51. The number of nitrogens with two attached hydrogens (primary N) is 2. The smallest absolute Gasteiger partial charge is 0.218 e. The second-order valence-corrected chi connectivity index (χ2v) is 6.61. The Bertz CT molecular complexity index is 428. The molecular weight excluding hydrogens is 336 g/mol. The summed E-state index contributed by atoms with van der Waals surface area (Å²) in [5.74, 6) is -2.39. The fourth-order valence-electron chi connectivity index (χ4n) is 3.43. The predicted molar refractivity (Wildman–Crippen MR) is 84.9 cm³/mol. The van der Waals surface area contributed by atoms with Crippen LogP contribution in [-0.4, -0.2) is 89.5 Å². The molecule has 0 bridgehead atoms. The van der Waals surface area contributed by atoms with Gasteiger partial charge in [0.25, 0.3) is 0 Å². The van der Waals surface area contributed by atoms with Gasteiger partial charge in [-0.05, 0) is 12.8 Å². The first-order valence-electron chi connectivity index (χ1n) is 8.46. The van der Waals surface area contributed by atoms with Gasteiger partial charge in [-0.1, -0.05) is 6.92 Å². The van der Waals surface area contributed by atoms with Crippen LogP contribution in [0.25, 0.3) is 0 Å². The maximum absolute atomic E-state index is 10.5. The van der Waals surface area contributed by atoms with E-state index in [9.17, 15) is 20.4 Å². The molecule has 2 saturated heterocycles. The largest absolute Gasteiger partial charge is 0.394 e. The summed E-state index contributed by atoms with van der Waals surface area (Å²) >= 11 is 0. The average Bonchev–Trinajstić information content (AvgIpc) is 2.61. The summed E-state index contributed by atoms with van der Waals surface area (Å²) in [5, 5.41) is 39.9. The maximum atomic E-state index is 10.5. The normalized spacial score (nSPS) is 48.5. The first kappa shape index (κ1) is 20.9. The Balaban J connectivity index is 2.13. The Hall–Kier alpha value is -0.400. The van der Waals surface area contributed by atoms with Crippen LogP contribution in [0.3, 0.4) is 0 Å². The van der Waals surface area contributed by atoms with Crippen molar-refractivity contribution in [2.45, 2.75) is 68.5 Å². The number of rotatable bonds is 6. The van der Waals surface area contributed by atoms with Crippen molar-refractivity contribution in [3.8, 4) is 0 Å². The molecule has 2 aliphatic heterocycles. The number of methoxy groups -OCH3 is 1. The Morgan fingerprint density at radius 1 is 1.24 bits per heavy atom. The molecule has 0 aromatic carbocycles. The number of aliphatic hydroxyl groups excluding tert-OH is 3. The van der Waals surface area contributed by atoms with E-state index in [0.717, 1.165) is 0 Å². The molecule has 9 atom stereocenters. The second kappa shape index (κ2) is 8.53. The van der Waals surface area contributed by atoms with Crippen molar-refractivity contribution >= 4 is 0 Å². The fraction of sp³-hybridized carbons (Fsp3) is 1.00. The standard InChI is InChI=1S/C15H30N2O8/c1-3-7-9(5-18)23-14(11(17)12(7)20)24-10-4-8(16)13(22-2)25-15(10,21)6-19/h7-14,18-21H,3-6,16-17H2,1-2H3/t7-,8?,9?,10-,11?,12+,13-,14-,15-/m0/s1. The SMILES string of the molecule is CC[C@H]1C(CO)O[C@@H](O[C@H]2CC(N)[C@@H](OC)O[C@@]2(O)CO)C(N)[C@@H]1O. The van der Waals surface area contributed by atoms with E-state index >= 15 is 0 Å². The second-order valence-electron chi connectivity index (χ2n) is 6.61. The molecule has 10 heteroatoms. The molecule has 0 aliphatic carbocycles. The molecule has 2 fully saturated rings. The number of ether oxygens (including phenoxy) is 4. The highest BCUT2D eigenvalue weighted by atomic mass is 16.8. The summed E-state index contributed by atoms with van der Waals surface area (Å²) in [6.45, 7) is 0.797. The van der Waals surface area contributed by atoms with Gasteiger partial charge in [-0.2, -0.15) is 0 Å². The lowest BCUT2D eigenvalue weighted by Gasteiger charge is -2.48. The first-order valence-corrected chi connectivity index (χ1v) is 8.46. The lowest BCUT2D eigenvalue weighted by Crippen LogP contribution is -2.65. The van der Waals surface area contributed by atoms with Gasteiger partial charge in [0.1, 0.15) is 6.10 Å². The number of aliphatic hydroxyl groups is 4. The molecule has 10 nitrogen and oxygen atoms in total. The fourth-order valence-corrected chi connectivity index (χ4v) is 3.43. The number of hydrogen-bond donors (Lipinski definition) is 6. The van der Waals surface area contributed by atoms with E-state index in [1.165, 1.54) is 7.11 Å². The van der Waals surface area contributed by atoms with Crippen LogP contribution < -0.4 is 11.5 Å². The highest BCUT2D eigenvalue weighted by Crippen LogP contribution is 2.34. The summed E-state index contributed by atoms with van der Waals surface area (Å²) in [6.07, 6.45) is -3.99. The van der Waals surface area contributed by atoms with Crippen LogP contribution in [-0.2, 0) is 18.9 Å². The summed E-state index contributed by atoms with van der Waals surface area (Å²) in [5.41, 5.74) is 12.0. The molecule has 2 heterocycles. The van der Waals surface area contributed by atoms with Crippen molar-refractivity contribution in [3.63, 3.8) is 0 Å². The lowest BCUT2D eigenvalue weighted by atomic mass is 9.86. The topological polar surface area (TPSA) is 170 Å². The summed E-state index contributed by atoms with van der Waals surface area (Å²) in [4.78, 5) is 0. The minimum absolute atomic E-state index is 0.110. The lowest BCUT2D eigenvalue weighted by molar-refractivity contribution is -0.386. The zero-order chi connectivity index (χ0) is 18.8. The third-order valence-corrected chi connectivity index (χ3v) is 5.00. The monoisotopic (exact) mass is 366 g/mol. The van der Waals surface area contributed by atoms with Crippen LogP contribution in [0.2, 0.25) is 0 Å². The van der Waals surface area contributed by atoms with Crippen molar-refractivity contribution in [1.82, 2.24) is 0 Å². The van der Waals surface area contributed by atoms with Crippen LogP contribution in [0.1, 0.15) is 19.8 Å². The molecule has 0 radical (unpaired) electrons. The first-order chi connectivity index (χ1) is 11.8. The van der Waals surface area contributed by atoms with E-state index < -0.39 is 55.4 Å². The van der Waals surface area contributed by atoms with Crippen molar-refractivity contribution in [3.05, 3.63) is 0 Å². The maximum Gasteiger partial charge on any atom is 0.218 e. The molecule has 0 saturated carbocycles. The van der Waals surface area contributed by atoms with E-state index in [4.69, 9.17) is 30.4 Å². The van der Waals surface area contributed by atoms with Crippen molar-refractivity contribution in [1.29, 1.82) is 0 Å². The third-order valence-electron chi connectivity index (χ3n) is 5.00. The van der Waals surface area contributed by atoms with Gasteiger partial charge in [0.05, 0.1) is 37.5 Å². The van der Waals surface area contributed by atoms with E-state index in [2.05, 4.69) is 0 Å². The van der Waals surface area contributed by atoms with Crippen LogP contribution >= 0.6 is 0 Å². The molecule has 25 heavy (non-hydrogen) atoms. The molecular formula is C15H30N2O8. The predicted octanol–water partition coefficient (Wildman–Crippen LogP) is -2.80. The minimum atomic E-state index is -2.05. The quantitative estimate of drug-likeness (QED) is 0.289. The van der Waals surface area contributed by atoms with Crippen LogP contribution in [0.5, 0.6) is 0 Å². The summed E-state index contributed by atoms with van der Waals surface area (Å²) in [6, 6.07) is -1.50. The van der Waals surface area contributed by atoms with Gasteiger partial charge in [-0.25, -0.2) is 0 Å². The van der Waals surface area contributed by atoms with Crippen LogP contribution in [0.15, 0.2) is 0 Å². The Labute approximate surface area is 146 Å². The zero-order valence-electron chi connectivity index (χ0n) is 14.5. The average molecular weight is 366 g/mol. The molecule has 0 spiro atoms. The van der Waals surface area contributed by atoms with Gasteiger partial charge < -0.3 is 50.8 Å². The van der Waals surface area contributed by atoms with Crippen molar-refractivity contribution in [2.24, 2.45) is 17.4 Å². The molecule has 2 rings (SSSR count). The summed E-state index contributed by atoms with van der Waals surface area (Å²) < 4.78 is 21.8. The van der Waals surface area contributed by atoms with Crippen LogP contribution in [0.4, 0.5) is 0 Å². The van der Waals surface area contributed by atoms with Crippen molar-refractivity contribution in [2.75, 3.05) is 20.3 Å². The molecule has 148 valence electrons. The highest BCUT2D eigenvalue weighted by molar-refractivity contribution is 4.94. The summed E-state index contributed by atoms with van der Waals surface area (Å²) in [7, 11) is 1.37. The molecule has 0 aromatic rings. The van der Waals surface area contributed by atoms with E-state index in [-0.39, 0.29) is 18.9 Å². The zero-order valence-corrected chi connectivity index (χ0v) is 14.5. The van der Waals surface area contributed by atoms with Gasteiger partial charge in [-0.15, -0.1) is 0 Å². The van der Waals surface area contributed by atoms with Gasteiger partial charge in [0, 0.05) is 13.0 Å². The Morgan fingerprint density at radius 2 is 1.92 bits per heavy atom. The molecule has 3 unspecified atom stereocenters. The van der Waals surface area contributed by atoms with E-state index in [0.29, 0.717) is 6.42 Å². The molecule has 2 aliphatic rings. The molecule has 8 N–H and O–H groups in total. The molecule has 0 amide bonds. The van der Waals surface area contributed by atoms with E-state index in [1.54, 1.807) is 0 Å². The van der Waals surface area contributed by atoms with E-state index in [1.807, 2.05) is 6.92 Å². The van der Waals surface area contributed by atoms with Gasteiger partial charge in [0.2, 0.25) is 5.79 Å². The third kappa shape index (κ3) is 4.14.